The lowest BCUT2D eigenvalue weighted by Gasteiger charge is -2.36. The standard InChI is InChI=1S/C46H45F2N9O7.C30H32F2N6O2.C16H17N3O6/c47-28-20-27(21-29(48)23-28)19-26-1-6-37-36(22-26)42(54-53-37)52-43(60)34-5-3-32(25-38(34)50-30-10-17-64-18-11-30)55-13-15-56(16-14-55)41(59)9-12-49-31-2-4-33-35(24-31)46(63)57(45(33)62)39-7-8-40(58)51-44(39)61;31-21-14-20(15-22(32)17-21)13-19-1-4-27-26(16-19)29(37-36-27)35-30(39)25-3-2-24(38-9-7-33-8-10-38)18-28(25)34-23-5-11-40-12-6-23;20-8-9-7-10(17-6-5-14(22)23)1-2-11(9)15(24)18-12-3-4-13(21)19-16(12)25/h1-6,20-25,30,39,49-50H,7-19H2,(H,51,58,61)(H2,52,53,54,60);1-4,14-18,23,33-34H,5-13H2,(H2,35,36,37,39);1-2,7-8,12,17H,3-6H2,(H,18,24)(H,22,23)(H,19,21,25). The molecule has 129 heavy (non-hydrogen) atoms. The first-order chi connectivity index (χ1) is 62.4. The third-order valence-electron chi connectivity index (χ3n) is 23.3. The summed E-state index contributed by atoms with van der Waals surface area (Å²) in [5.74, 6) is -7.31. The van der Waals surface area contributed by atoms with Crippen molar-refractivity contribution in [2.45, 2.75) is 101 Å². The van der Waals surface area contributed by atoms with Gasteiger partial charge in [-0.1, -0.05) is 12.1 Å². The number of carboxylic acids is 1. The zero-order chi connectivity index (χ0) is 90.4. The number of imide groups is 3. The Hall–Kier alpha value is -14.5. The molecular weight excluding hydrogens is 1670 g/mol. The van der Waals surface area contributed by atoms with Crippen LogP contribution in [0.2, 0.25) is 0 Å². The summed E-state index contributed by atoms with van der Waals surface area (Å²) in [7, 11) is 0. The Kier molecular flexibility index (Phi) is 28.3. The van der Waals surface area contributed by atoms with Crippen molar-refractivity contribution in [3.8, 4) is 0 Å². The summed E-state index contributed by atoms with van der Waals surface area (Å²) in [5, 5.41) is 53.9. The van der Waals surface area contributed by atoms with E-state index >= 15 is 0 Å². The van der Waals surface area contributed by atoms with E-state index in [1.807, 2.05) is 60.7 Å². The lowest BCUT2D eigenvalue weighted by molar-refractivity contribution is -0.137. The highest BCUT2D eigenvalue weighted by atomic mass is 19.1. The maximum absolute atomic E-state index is 14.0. The Labute approximate surface area is 735 Å². The molecule has 10 aromatic rings. The van der Waals surface area contributed by atoms with Crippen molar-refractivity contribution in [1.82, 2.24) is 51.5 Å². The zero-order valence-corrected chi connectivity index (χ0v) is 70.0. The summed E-state index contributed by atoms with van der Waals surface area (Å²) >= 11 is 0. The van der Waals surface area contributed by atoms with E-state index in [4.69, 9.17) is 14.6 Å². The highest BCUT2D eigenvalue weighted by molar-refractivity contribution is 6.24. The van der Waals surface area contributed by atoms with Gasteiger partial charge in [0.1, 0.15) is 35.4 Å². The van der Waals surface area contributed by atoms with Crippen LogP contribution in [-0.4, -0.2) is 223 Å². The van der Waals surface area contributed by atoms with Crippen LogP contribution in [0.4, 0.5) is 63.3 Å². The van der Waals surface area contributed by atoms with E-state index < -0.39 is 76.8 Å². The third kappa shape index (κ3) is 22.3. The molecule has 0 saturated carbocycles. The lowest BCUT2D eigenvalue weighted by atomic mass is 10.0. The molecular formula is C92H94F4N18O15. The molecule has 0 spiro atoms. The van der Waals surface area contributed by atoms with E-state index in [1.165, 1.54) is 48.5 Å². The van der Waals surface area contributed by atoms with Crippen molar-refractivity contribution in [3.63, 3.8) is 0 Å². The number of aromatic nitrogens is 4. The molecule has 0 aliphatic carbocycles. The summed E-state index contributed by atoms with van der Waals surface area (Å²) < 4.78 is 66.2. The van der Waals surface area contributed by atoms with E-state index in [-0.39, 0.29) is 116 Å². The van der Waals surface area contributed by atoms with Gasteiger partial charge in [-0.2, -0.15) is 10.2 Å². The number of halogens is 4. The highest BCUT2D eigenvalue weighted by Crippen LogP contribution is 2.35. The number of ether oxygens (including phenoxy) is 2. The molecule has 7 aliphatic rings. The Morgan fingerprint density at radius 1 is 0.488 bits per heavy atom. The summed E-state index contributed by atoms with van der Waals surface area (Å²) in [6.45, 7) is 8.82. The number of hydrogen-bond acceptors (Lipinski definition) is 23. The fraction of sp³-hybridized carbons (Fsp3) is 0.326. The van der Waals surface area contributed by atoms with Crippen molar-refractivity contribution in [2.75, 3.05) is 134 Å². The molecule has 6 saturated heterocycles. The van der Waals surface area contributed by atoms with Gasteiger partial charge in [-0.15, -0.1) is 0 Å². The first-order valence-electron chi connectivity index (χ1n) is 42.6. The number of benzene rings is 8. The number of piperazine rings is 2. The van der Waals surface area contributed by atoms with Gasteiger partial charge in [0.2, 0.25) is 29.5 Å². The SMILES string of the molecule is O=C(Nc1n[nH]c2ccc(Cc3cc(F)cc(F)c3)cc12)c1ccc(N2CCNCC2)cc1NC1CCOCC1.O=C1CCC(N2C(=O)c3ccc(NCCC(=O)N4CCN(c5ccc(C(=O)Nc6n[nH]c7ccc(Cc8cc(F)cc(F)c8)cc67)c(NC6CCOCC6)c5)CC4)cc3C2=O)C(=O)N1.O=Cc1cc(NCCC(=O)O)ccc1C(=O)NC1CCC(=O)NC1=O. The second-order valence-corrected chi connectivity index (χ2v) is 32.2. The number of carbonyl (C=O) groups is 12. The second-order valence-electron chi connectivity index (χ2n) is 32.2. The molecule has 7 aliphatic heterocycles. The van der Waals surface area contributed by atoms with E-state index in [0.29, 0.717) is 127 Å². The van der Waals surface area contributed by atoms with Gasteiger partial charge in [0.05, 0.1) is 39.7 Å². The summed E-state index contributed by atoms with van der Waals surface area (Å²) in [5.41, 5.74) is 10.0. The number of fused-ring (bicyclic) bond motifs is 3. The molecule has 2 atom stereocenters. The van der Waals surface area contributed by atoms with Gasteiger partial charge in [0.15, 0.2) is 17.9 Å². The first kappa shape index (κ1) is 89.4. The topological polar surface area (TPSA) is 434 Å². The molecule has 13 N–H and O–H groups in total. The predicted molar refractivity (Wildman–Crippen MR) is 471 cm³/mol. The molecule has 0 radical (unpaired) electrons. The monoisotopic (exact) mass is 1770 g/mol. The fourth-order valence-electron chi connectivity index (χ4n) is 16.5. The molecule has 0 bridgehead atoms. The number of amides is 10. The number of aliphatic carboxylic acids is 1. The van der Waals surface area contributed by atoms with E-state index in [9.17, 15) is 75.1 Å². The normalized spacial score (nSPS) is 17.2. The number of nitrogens with one attached hydrogen (secondary N) is 12. The highest BCUT2D eigenvalue weighted by Gasteiger charge is 2.45. The fourth-order valence-corrected chi connectivity index (χ4v) is 16.5. The van der Waals surface area contributed by atoms with Gasteiger partial charge >= 0.3 is 5.97 Å². The Morgan fingerprint density at radius 3 is 1.50 bits per heavy atom. The molecule has 37 heteroatoms. The minimum atomic E-state index is -1.05. The Balaban J connectivity index is 0.000000167. The van der Waals surface area contributed by atoms with Crippen LogP contribution in [0.15, 0.2) is 146 Å². The number of aromatic amines is 2. The number of carbonyl (C=O) groups excluding carboxylic acids is 11. The molecule has 10 amide bonds. The minimum Gasteiger partial charge on any atom is -0.481 e. The molecule has 2 aromatic heterocycles. The average Bonchev–Trinajstić information content (AvgIpc) is 1.61. The van der Waals surface area contributed by atoms with E-state index in [2.05, 4.69) is 89.4 Å². The number of rotatable bonds is 26. The maximum atomic E-state index is 14.0. The number of H-pyrrole nitrogens is 2. The number of hydrogen-bond donors (Lipinski definition) is 13. The number of piperidine rings is 2. The van der Waals surface area contributed by atoms with Crippen LogP contribution >= 0.6 is 0 Å². The third-order valence-corrected chi connectivity index (χ3v) is 23.3. The van der Waals surface area contributed by atoms with Gasteiger partial charge in [-0.3, -0.25) is 83.3 Å². The quantitative estimate of drug-likeness (QED) is 0.0136. The van der Waals surface area contributed by atoms with Crippen molar-refractivity contribution in [1.29, 1.82) is 0 Å². The Bertz CT molecular complexity index is 5940. The number of anilines is 8. The molecule has 6 fully saturated rings. The summed E-state index contributed by atoms with van der Waals surface area (Å²) in [6, 6.07) is 37.1. The van der Waals surface area contributed by atoms with Gasteiger partial charge in [-0.25, -0.2) is 17.6 Å². The maximum Gasteiger partial charge on any atom is 0.305 e. The average molecular weight is 1770 g/mol. The van der Waals surface area contributed by atoms with E-state index in [0.717, 1.165) is 108 Å². The number of carboxylic acid groups (broad SMARTS) is 1. The van der Waals surface area contributed by atoms with Crippen LogP contribution in [0.5, 0.6) is 0 Å². The van der Waals surface area contributed by atoms with Gasteiger partial charge in [0, 0.05) is 191 Å². The molecule has 17 rings (SSSR count). The molecule has 9 heterocycles. The van der Waals surface area contributed by atoms with Gasteiger partial charge < -0.3 is 71.8 Å². The largest absolute Gasteiger partial charge is 0.481 e. The van der Waals surface area contributed by atoms with Crippen LogP contribution in [-0.2, 0) is 51.1 Å². The molecule has 8 aromatic carbocycles. The summed E-state index contributed by atoms with van der Waals surface area (Å²) in [6.07, 6.45) is 4.96. The van der Waals surface area contributed by atoms with Crippen molar-refractivity contribution in [3.05, 3.63) is 224 Å². The predicted octanol–water partition coefficient (Wildman–Crippen LogP) is 9.43. The molecule has 33 nitrogen and oxygen atoms in total. The van der Waals surface area contributed by atoms with Crippen molar-refractivity contribution >= 4 is 139 Å². The zero-order valence-electron chi connectivity index (χ0n) is 70.0. The smallest absolute Gasteiger partial charge is 0.305 e. The van der Waals surface area contributed by atoms with Gasteiger partial charge in [-0.05, 0) is 195 Å². The van der Waals surface area contributed by atoms with Crippen LogP contribution in [0.1, 0.15) is 149 Å². The van der Waals surface area contributed by atoms with E-state index in [1.54, 1.807) is 23.1 Å². The van der Waals surface area contributed by atoms with Crippen molar-refractivity contribution < 1.29 is 89.7 Å². The van der Waals surface area contributed by atoms with Crippen LogP contribution in [0.25, 0.3) is 21.8 Å². The van der Waals surface area contributed by atoms with Crippen LogP contribution in [0.3, 0.4) is 0 Å². The second kappa shape index (κ2) is 40.9. The Morgan fingerprint density at radius 2 is 0.977 bits per heavy atom. The van der Waals surface area contributed by atoms with Gasteiger partial charge in [0.25, 0.3) is 29.5 Å². The van der Waals surface area contributed by atoms with Crippen LogP contribution in [0, 0.1) is 23.3 Å². The minimum absolute atomic E-state index is 0.0343. The molecule has 670 valence electrons. The lowest BCUT2D eigenvalue weighted by Crippen LogP contribution is -2.54. The summed E-state index contributed by atoms with van der Waals surface area (Å²) in [4.78, 5) is 155. The number of nitrogens with zero attached hydrogens (tertiary/aromatic N) is 6. The number of aldehydes is 1. The van der Waals surface area contributed by atoms with Crippen LogP contribution < -0.4 is 63.0 Å². The first-order valence-corrected chi connectivity index (χ1v) is 42.6. The van der Waals surface area contributed by atoms with Crippen molar-refractivity contribution in [2.24, 2.45) is 0 Å². The molecule has 2 unspecified atom stereocenters.